The number of rotatable bonds is 3. The van der Waals surface area contributed by atoms with Gasteiger partial charge in [-0.25, -0.2) is 4.98 Å². The lowest BCUT2D eigenvalue weighted by Gasteiger charge is -2.36. The van der Waals surface area contributed by atoms with Gasteiger partial charge in [0.15, 0.2) is 5.82 Å². The maximum Gasteiger partial charge on any atom is 0.253 e. The zero-order valence-electron chi connectivity index (χ0n) is 14.7. The van der Waals surface area contributed by atoms with Crippen molar-refractivity contribution >= 4 is 11.6 Å². The van der Waals surface area contributed by atoms with Crippen molar-refractivity contribution in [2.45, 2.75) is 6.92 Å². The van der Waals surface area contributed by atoms with Gasteiger partial charge in [0.25, 0.3) is 5.91 Å². The Morgan fingerprint density at radius 2 is 1.85 bits per heavy atom. The molecule has 0 aliphatic carbocycles. The zero-order valence-corrected chi connectivity index (χ0v) is 14.7. The summed E-state index contributed by atoms with van der Waals surface area (Å²) in [7, 11) is 0. The third-order valence-electron chi connectivity index (χ3n) is 4.73. The first-order valence-corrected chi connectivity index (χ1v) is 8.77. The Balaban J connectivity index is 1.45. The van der Waals surface area contributed by atoms with Gasteiger partial charge in [-0.3, -0.25) is 9.89 Å². The molecule has 6 heteroatoms. The number of aromatic amines is 1. The van der Waals surface area contributed by atoms with E-state index in [4.69, 9.17) is 0 Å². The number of H-pyrrole nitrogens is 1. The second-order valence-corrected chi connectivity index (χ2v) is 6.53. The van der Waals surface area contributed by atoms with E-state index >= 15 is 0 Å². The number of anilines is 1. The van der Waals surface area contributed by atoms with Gasteiger partial charge >= 0.3 is 0 Å². The third-order valence-corrected chi connectivity index (χ3v) is 4.73. The molecule has 3 aromatic rings. The van der Waals surface area contributed by atoms with Gasteiger partial charge in [0.05, 0.1) is 0 Å². The Hall–Kier alpha value is -3.15. The van der Waals surface area contributed by atoms with E-state index in [9.17, 15) is 4.79 Å². The van der Waals surface area contributed by atoms with E-state index in [-0.39, 0.29) is 5.91 Å². The second-order valence-electron chi connectivity index (χ2n) is 6.53. The molecular weight excluding hydrogens is 326 g/mol. The summed E-state index contributed by atoms with van der Waals surface area (Å²) in [5.74, 6) is 0.735. The zero-order chi connectivity index (χ0) is 17.9. The molecule has 0 bridgehead atoms. The van der Waals surface area contributed by atoms with Gasteiger partial charge < -0.3 is 9.80 Å². The van der Waals surface area contributed by atoms with Crippen LogP contribution in [-0.2, 0) is 0 Å². The molecule has 0 atom stereocenters. The van der Waals surface area contributed by atoms with Crippen LogP contribution in [-0.4, -0.2) is 52.2 Å². The molecule has 6 nitrogen and oxygen atoms in total. The van der Waals surface area contributed by atoms with Gasteiger partial charge in [0, 0.05) is 43.0 Å². The number of carbonyl (C=O) groups is 1. The average Bonchev–Trinajstić information content (AvgIpc) is 3.23. The van der Waals surface area contributed by atoms with Crippen LogP contribution in [0.25, 0.3) is 11.4 Å². The lowest BCUT2D eigenvalue weighted by Crippen LogP contribution is -2.48. The standard InChI is InChI=1S/C20H21N5O/c1-15-4-2-7-18(12-15)24-8-10-25(11-9-24)20(26)17-6-3-5-16(13-17)19-21-14-22-23-19/h2-7,12-14H,8-11H2,1H3,(H,21,22,23). The van der Waals surface area contributed by atoms with Crippen LogP contribution in [0, 0.1) is 6.92 Å². The first-order chi connectivity index (χ1) is 12.7. The lowest BCUT2D eigenvalue weighted by molar-refractivity contribution is 0.0747. The number of nitrogens with one attached hydrogen (secondary N) is 1. The van der Waals surface area contributed by atoms with Crippen molar-refractivity contribution in [2.24, 2.45) is 0 Å². The molecule has 0 saturated carbocycles. The number of benzene rings is 2. The minimum atomic E-state index is 0.0651. The molecule has 1 aliphatic heterocycles. The predicted octanol–water partition coefficient (Wildman–Crippen LogP) is 2.74. The van der Waals surface area contributed by atoms with Crippen LogP contribution in [0.2, 0.25) is 0 Å². The van der Waals surface area contributed by atoms with Gasteiger partial charge in [0.2, 0.25) is 0 Å². The first-order valence-electron chi connectivity index (χ1n) is 8.77. The summed E-state index contributed by atoms with van der Waals surface area (Å²) in [6.45, 7) is 5.23. The molecule has 1 amide bonds. The van der Waals surface area contributed by atoms with Crippen molar-refractivity contribution in [3.8, 4) is 11.4 Å². The smallest absolute Gasteiger partial charge is 0.253 e. The second kappa shape index (κ2) is 7.00. The molecule has 0 unspecified atom stereocenters. The van der Waals surface area contributed by atoms with Gasteiger partial charge in [-0.05, 0) is 36.8 Å². The van der Waals surface area contributed by atoms with E-state index in [2.05, 4.69) is 51.3 Å². The minimum absolute atomic E-state index is 0.0651. The number of aryl methyl sites for hydroxylation is 1. The molecule has 2 heterocycles. The quantitative estimate of drug-likeness (QED) is 0.791. The largest absolute Gasteiger partial charge is 0.368 e. The van der Waals surface area contributed by atoms with Gasteiger partial charge in [-0.15, -0.1) is 0 Å². The topological polar surface area (TPSA) is 65.1 Å². The number of aromatic nitrogens is 3. The maximum absolute atomic E-state index is 12.9. The van der Waals surface area contributed by atoms with Crippen LogP contribution < -0.4 is 4.90 Å². The summed E-state index contributed by atoms with van der Waals surface area (Å²) in [5, 5.41) is 6.70. The predicted molar refractivity (Wildman–Crippen MR) is 101 cm³/mol. The number of piperazine rings is 1. The molecule has 1 N–H and O–H groups in total. The molecule has 1 aliphatic rings. The Bertz CT molecular complexity index is 898. The number of hydrogen-bond donors (Lipinski definition) is 1. The molecule has 1 fully saturated rings. The van der Waals surface area contributed by atoms with Crippen molar-refractivity contribution in [1.29, 1.82) is 0 Å². The van der Waals surface area contributed by atoms with Crippen molar-refractivity contribution in [2.75, 3.05) is 31.1 Å². The molecule has 2 aromatic carbocycles. The van der Waals surface area contributed by atoms with Crippen molar-refractivity contribution in [3.05, 3.63) is 66.0 Å². The number of amides is 1. The molecular formula is C20H21N5O. The molecule has 4 rings (SSSR count). The van der Waals surface area contributed by atoms with Crippen LogP contribution >= 0.6 is 0 Å². The Morgan fingerprint density at radius 1 is 1.04 bits per heavy atom. The summed E-state index contributed by atoms with van der Waals surface area (Å²) in [5.41, 5.74) is 4.03. The molecule has 1 saturated heterocycles. The highest BCUT2D eigenvalue weighted by atomic mass is 16.2. The number of nitrogens with zero attached hydrogens (tertiary/aromatic N) is 4. The Labute approximate surface area is 152 Å². The van der Waals surface area contributed by atoms with Gasteiger partial charge in [0.1, 0.15) is 6.33 Å². The van der Waals surface area contributed by atoms with E-state index in [1.54, 1.807) is 0 Å². The highest BCUT2D eigenvalue weighted by molar-refractivity contribution is 5.95. The van der Waals surface area contributed by atoms with Crippen molar-refractivity contribution < 1.29 is 4.79 Å². The fraction of sp³-hybridized carbons (Fsp3) is 0.250. The Kier molecular flexibility index (Phi) is 4.39. The van der Waals surface area contributed by atoms with Gasteiger partial charge in [-0.1, -0.05) is 24.3 Å². The van der Waals surface area contributed by atoms with Crippen LogP contribution in [0.4, 0.5) is 5.69 Å². The normalized spacial score (nSPS) is 14.5. The van der Waals surface area contributed by atoms with Crippen LogP contribution in [0.1, 0.15) is 15.9 Å². The summed E-state index contributed by atoms with van der Waals surface area (Å²) in [6, 6.07) is 16.0. The molecule has 0 radical (unpaired) electrons. The highest BCUT2D eigenvalue weighted by Crippen LogP contribution is 2.20. The fourth-order valence-electron chi connectivity index (χ4n) is 3.32. The van der Waals surface area contributed by atoms with E-state index in [0.29, 0.717) is 11.4 Å². The summed E-state index contributed by atoms with van der Waals surface area (Å²) in [6.07, 6.45) is 1.47. The first kappa shape index (κ1) is 16.3. The maximum atomic E-state index is 12.9. The summed E-state index contributed by atoms with van der Waals surface area (Å²) < 4.78 is 0. The van der Waals surface area contributed by atoms with Crippen molar-refractivity contribution in [3.63, 3.8) is 0 Å². The van der Waals surface area contributed by atoms with Crippen LogP contribution in [0.5, 0.6) is 0 Å². The molecule has 0 spiro atoms. The summed E-state index contributed by atoms with van der Waals surface area (Å²) >= 11 is 0. The third kappa shape index (κ3) is 3.31. The highest BCUT2D eigenvalue weighted by Gasteiger charge is 2.22. The van der Waals surface area contributed by atoms with E-state index in [1.165, 1.54) is 17.6 Å². The van der Waals surface area contributed by atoms with E-state index in [0.717, 1.165) is 31.7 Å². The number of carbonyl (C=O) groups excluding carboxylic acids is 1. The average molecular weight is 347 g/mol. The number of hydrogen-bond acceptors (Lipinski definition) is 4. The Morgan fingerprint density at radius 3 is 2.58 bits per heavy atom. The van der Waals surface area contributed by atoms with Crippen LogP contribution in [0.15, 0.2) is 54.9 Å². The molecule has 132 valence electrons. The summed E-state index contributed by atoms with van der Waals surface area (Å²) in [4.78, 5) is 21.3. The minimum Gasteiger partial charge on any atom is -0.368 e. The van der Waals surface area contributed by atoms with E-state index in [1.807, 2.05) is 29.2 Å². The van der Waals surface area contributed by atoms with Gasteiger partial charge in [-0.2, -0.15) is 5.10 Å². The van der Waals surface area contributed by atoms with Crippen molar-refractivity contribution in [1.82, 2.24) is 20.1 Å². The monoisotopic (exact) mass is 347 g/mol. The van der Waals surface area contributed by atoms with Crippen LogP contribution in [0.3, 0.4) is 0 Å². The lowest BCUT2D eigenvalue weighted by atomic mass is 10.1. The molecule has 1 aromatic heterocycles. The SMILES string of the molecule is Cc1cccc(N2CCN(C(=O)c3cccc(-c4ncn[nH]4)c3)CC2)c1. The fourth-order valence-corrected chi connectivity index (χ4v) is 3.32. The van der Waals surface area contributed by atoms with E-state index < -0.39 is 0 Å². The molecule has 26 heavy (non-hydrogen) atoms.